The van der Waals surface area contributed by atoms with E-state index in [2.05, 4.69) is 20.7 Å². The molecule has 2 unspecified atom stereocenters. The molecule has 2 atom stereocenters. The molecule has 1 rings (SSSR count). The van der Waals surface area contributed by atoms with Gasteiger partial charge in [0, 0.05) is 4.47 Å². The number of hydrogen-bond acceptors (Lipinski definition) is 4. The molecule has 0 fully saturated rings. The van der Waals surface area contributed by atoms with Crippen molar-refractivity contribution in [3.8, 4) is 0 Å². The number of rotatable bonds is 4. The summed E-state index contributed by atoms with van der Waals surface area (Å²) in [5, 5.41) is 19.3. The van der Waals surface area contributed by atoms with Crippen LogP contribution in [0.2, 0.25) is 0 Å². The van der Waals surface area contributed by atoms with E-state index in [1.54, 1.807) is 0 Å². The van der Waals surface area contributed by atoms with Gasteiger partial charge in [0.05, 0.1) is 19.6 Å². The molecule has 0 aromatic heterocycles. The molecule has 0 saturated heterocycles. The van der Waals surface area contributed by atoms with Gasteiger partial charge in [0.1, 0.15) is 11.9 Å². The van der Waals surface area contributed by atoms with Crippen LogP contribution in [0.15, 0.2) is 22.7 Å². The first-order valence-corrected chi connectivity index (χ1v) is 5.62. The molecule has 0 radical (unpaired) electrons. The lowest BCUT2D eigenvalue weighted by atomic mass is 10.0. The number of hydrogen-bond donors (Lipinski definition) is 2. The smallest absolute Gasteiger partial charge is 0.308 e. The number of halogens is 2. The predicted molar refractivity (Wildman–Crippen MR) is 61.7 cm³/mol. The van der Waals surface area contributed by atoms with Crippen molar-refractivity contribution in [2.24, 2.45) is 0 Å². The van der Waals surface area contributed by atoms with Gasteiger partial charge in [0.2, 0.25) is 0 Å². The third kappa shape index (κ3) is 4.07. The molecule has 0 bridgehead atoms. The van der Waals surface area contributed by atoms with Crippen molar-refractivity contribution < 1.29 is 24.1 Å². The maximum Gasteiger partial charge on any atom is 0.308 e. The van der Waals surface area contributed by atoms with E-state index in [-0.39, 0.29) is 12.0 Å². The largest absolute Gasteiger partial charge is 0.469 e. The first-order chi connectivity index (χ1) is 7.93. The van der Waals surface area contributed by atoms with Crippen molar-refractivity contribution in [3.05, 3.63) is 34.1 Å². The van der Waals surface area contributed by atoms with Crippen LogP contribution in [0.4, 0.5) is 4.39 Å². The Kier molecular flexibility index (Phi) is 5.04. The van der Waals surface area contributed by atoms with Crippen LogP contribution in [0, 0.1) is 5.82 Å². The normalized spacial score (nSPS) is 14.2. The van der Waals surface area contributed by atoms with E-state index < -0.39 is 24.0 Å². The highest BCUT2D eigenvalue weighted by Gasteiger charge is 2.22. The Labute approximate surface area is 106 Å². The number of ether oxygens (including phenoxy) is 1. The minimum Gasteiger partial charge on any atom is -0.469 e. The molecule has 1 aromatic rings. The van der Waals surface area contributed by atoms with Gasteiger partial charge in [-0.05, 0) is 23.8 Å². The van der Waals surface area contributed by atoms with E-state index >= 15 is 0 Å². The summed E-state index contributed by atoms with van der Waals surface area (Å²) < 4.78 is 17.9. The third-order valence-corrected chi connectivity index (χ3v) is 2.65. The summed E-state index contributed by atoms with van der Waals surface area (Å²) in [5.41, 5.74) is 0.188. The van der Waals surface area contributed by atoms with Gasteiger partial charge in [-0.1, -0.05) is 15.9 Å². The standard InChI is InChI=1S/C11H12BrFO4/c1-17-10(15)5-9(14)11(16)6-2-7(12)4-8(13)3-6/h2-4,9,11,14,16H,5H2,1H3. The van der Waals surface area contributed by atoms with Crippen molar-refractivity contribution >= 4 is 21.9 Å². The summed E-state index contributed by atoms with van der Waals surface area (Å²) in [5.74, 6) is -1.19. The molecule has 0 aliphatic carbocycles. The fourth-order valence-corrected chi connectivity index (χ4v) is 1.82. The maximum atomic E-state index is 13.1. The summed E-state index contributed by atoms with van der Waals surface area (Å²) in [7, 11) is 1.18. The first kappa shape index (κ1) is 14.1. The van der Waals surface area contributed by atoms with Gasteiger partial charge in [-0.25, -0.2) is 4.39 Å². The summed E-state index contributed by atoms with van der Waals surface area (Å²) in [6, 6.07) is 3.78. The van der Waals surface area contributed by atoms with Crippen molar-refractivity contribution in [2.45, 2.75) is 18.6 Å². The number of benzene rings is 1. The Balaban J connectivity index is 2.80. The van der Waals surface area contributed by atoms with Crippen LogP contribution in [-0.2, 0) is 9.53 Å². The number of carbonyl (C=O) groups excluding carboxylic acids is 1. The molecule has 6 heteroatoms. The average molecular weight is 307 g/mol. The Bertz CT molecular complexity index is 390. The van der Waals surface area contributed by atoms with Crippen molar-refractivity contribution in [1.82, 2.24) is 0 Å². The molecule has 0 spiro atoms. The average Bonchev–Trinajstić information content (AvgIpc) is 2.26. The third-order valence-electron chi connectivity index (χ3n) is 2.19. The van der Waals surface area contributed by atoms with Gasteiger partial charge >= 0.3 is 5.97 Å². The molecule has 17 heavy (non-hydrogen) atoms. The van der Waals surface area contributed by atoms with E-state index in [1.807, 2.05) is 0 Å². The zero-order valence-electron chi connectivity index (χ0n) is 9.06. The summed E-state index contributed by atoms with van der Waals surface area (Å²) in [4.78, 5) is 10.9. The van der Waals surface area contributed by atoms with Crippen molar-refractivity contribution in [3.63, 3.8) is 0 Å². The lowest BCUT2D eigenvalue weighted by Crippen LogP contribution is -2.22. The second-order valence-electron chi connectivity index (χ2n) is 3.50. The Hall–Kier alpha value is -0.980. The van der Waals surface area contributed by atoms with Crippen molar-refractivity contribution in [1.29, 1.82) is 0 Å². The minimum atomic E-state index is -1.35. The molecule has 0 amide bonds. The number of carbonyl (C=O) groups is 1. The van der Waals surface area contributed by atoms with E-state index in [0.717, 1.165) is 6.07 Å². The highest BCUT2D eigenvalue weighted by molar-refractivity contribution is 9.10. The molecular formula is C11H12BrFO4. The van der Waals surface area contributed by atoms with Crippen LogP contribution in [0.5, 0.6) is 0 Å². The zero-order valence-corrected chi connectivity index (χ0v) is 10.6. The summed E-state index contributed by atoms with van der Waals surface area (Å²) in [6.07, 6.45) is -3.04. The zero-order chi connectivity index (χ0) is 13.0. The molecular weight excluding hydrogens is 295 g/mol. The molecule has 1 aromatic carbocycles. The van der Waals surface area contributed by atoms with Crippen molar-refractivity contribution in [2.75, 3.05) is 7.11 Å². The monoisotopic (exact) mass is 306 g/mol. The number of esters is 1. The number of aliphatic hydroxyl groups is 2. The van der Waals surface area contributed by atoms with Crippen LogP contribution in [0.25, 0.3) is 0 Å². The second-order valence-corrected chi connectivity index (χ2v) is 4.41. The molecule has 0 saturated carbocycles. The Morgan fingerprint density at radius 2 is 2.12 bits per heavy atom. The lowest BCUT2D eigenvalue weighted by Gasteiger charge is -2.17. The highest BCUT2D eigenvalue weighted by atomic mass is 79.9. The fraction of sp³-hybridized carbons (Fsp3) is 0.364. The molecule has 2 N–H and O–H groups in total. The fourth-order valence-electron chi connectivity index (χ4n) is 1.33. The molecule has 0 aliphatic rings. The van der Waals surface area contributed by atoms with Gasteiger partial charge in [-0.2, -0.15) is 0 Å². The van der Waals surface area contributed by atoms with Crippen LogP contribution in [-0.4, -0.2) is 29.4 Å². The van der Waals surface area contributed by atoms with E-state index in [4.69, 9.17) is 0 Å². The maximum absolute atomic E-state index is 13.1. The number of aliphatic hydroxyl groups excluding tert-OH is 2. The summed E-state index contributed by atoms with van der Waals surface area (Å²) in [6.45, 7) is 0. The van der Waals surface area contributed by atoms with E-state index in [0.29, 0.717) is 4.47 Å². The van der Waals surface area contributed by atoms with Crippen LogP contribution in [0.1, 0.15) is 18.1 Å². The minimum absolute atomic E-state index is 0.188. The van der Waals surface area contributed by atoms with Gasteiger partial charge in [-0.3, -0.25) is 4.79 Å². The predicted octanol–water partition coefficient (Wildman–Crippen LogP) is 1.55. The molecule has 0 heterocycles. The Morgan fingerprint density at radius 1 is 1.47 bits per heavy atom. The van der Waals surface area contributed by atoms with Crippen LogP contribution in [0.3, 0.4) is 0 Å². The summed E-state index contributed by atoms with van der Waals surface area (Å²) >= 11 is 3.07. The van der Waals surface area contributed by atoms with Crippen LogP contribution >= 0.6 is 15.9 Å². The Morgan fingerprint density at radius 3 is 2.65 bits per heavy atom. The number of methoxy groups -OCH3 is 1. The first-order valence-electron chi connectivity index (χ1n) is 4.83. The second kappa shape index (κ2) is 6.09. The van der Waals surface area contributed by atoms with Gasteiger partial charge in [0.15, 0.2) is 0 Å². The topological polar surface area (TPSA) is 66.8 Å². The van der Waals surface area contributed by atoms with Gasteiger partial charge < -0.3 is 14.9 Å². The molecule has 0 aliphatic heterocycles. The highest BCUT2D eigenvalue weighted by Crippen LogP contribution is 2.24. The van der Waals surface area contributed by atoms with Crippen LogP contribution < -0.4 is 0 Å². The molecule has 4 nitrogen and oxygen atoms in total. The van der Waals surface area contributed by atoms with Gasteiger partial charge in [0.25, 0.3) is 0 Å². The lowest BCUT2D eigenvalue weighted by molar-refractivity contribution is -0.144. The molecule has 94 valence electrons. The van der Waals surface area contributed by atoms with E-state index in [1.165, 1.54) is 19.2 Å². The van der Waals surface area contributed by atoms with Gasteiger partial charge in [-0.15, -0.1) is 0 Å². The SMILES string of the molecule is COC(=O)CC(O)C(O)c1cc(F)cc(Br)c1. The van der Waals surface area contributed by atoms with E-state index in [9.17, 15) is 19.4 Å². The quantitative estimate of drug-likeness (QED) is 0.828.